The molecule has 0 aliphatic rings. The maximum absolute atomic E-state index is 10.8. The molecule has 20 heavy (non-hydrogen) atoms. The number of benzene rings is 2. The van der Waals surface area contributed by atoms with Crippen molar-refractivity contribution in [3.05, 3.63) is 72.7 Å². The lowest BCUT2D eigenvalue weighted by molar-refractivity contribution is -0.385. The Bertz CT molecular complexity index is 614. The van der Waals surface area contributed by atoms with Crippen molar-refractivity contribution in [2.75, 3.05) is 0 Å². The maximum Gasteiger partial charge on any atom is 0.283 e. The fourth-order valence-corrected chi connectivity index (χ4v) is 2.47. The number of hydrogen-bond donors (Lipinski definition) is 0. The zero-order valence-corrected chi connectivity index (χ0v) is 13.6. The van der Waals surface area contributed by atoms with Crippen molar-refractivity contribution in [3.8, 4) is 0 Å². The highest BCUT2D eigenvalue weighted by atomic mass is 79.9. The molecule has 0 radical (unpaired) electrons. The van der Waals surface area contributed by atoms with Gasteiger partial charge in [-0.25, -0.2) is 0 Å². The molecule has 0 bridgehead atoms. The number of nitrogens with zero attached hydrogens (tertiary/aromatic N) is 1. The predicted molar refractivity (Wildman–Crippen MR) is 83.4 cm³/mol. The molecule has 0 fully saturated rings. The average Bonchev–Trinajstić information content (AvgIpc) is 2.42. The summed E-state index contributed by atoms with van der Waals surface area (Å²) in [6.45, 7) is 0.779. The van der Waals surface area contributed by atoms with Crippen LogP contribution in [0.1, 0.15) is 11.1 Å². The Morgan fingerprint density at radius 1 is 1.05 bits per heavy atom. The number of halogens is 2. The Morgan fingerprint density at radius 3 is 2.40 bits per heavy atom. The summed E-state index contributed by atoms with van der Waals surface area (Å²) in [6, 6.07) is 12.7. The van der Waals surface area contributed by atoms with Crippen molar-refractivity contribution in [1.82, 2.24) is 0 Å². The van der Waals surface area contributed by atoms with Gasteiger partial charge in [0.25, 0.3) is 5.69 Å². The van der Waals surface area contributed by atoms with Gasteiger partial charge in [0, 0.05) is 10.5 Å². The van der Waals surface area contributed by atoms with Crippen LogP contribution in [0, 0.1) is 10.1 Å². The summed E-state index contributed by atoms with van der Waals surface area (Å²) in [5.74, 6) is 0. The first-order valence-electron chi connectivity index (χ1n) is 5.82. The lowest BCUT2D eigenvalue weighted by Gasteiger charge is -2.07. The Balaban J connectivity index is 1.99. The molecule has 0 amide bonds. The summed E-state index contributed by atoms with van der Waals surface area (Å²) in [7, 11) is 0. The molecule has 2 rings (SSSR count). The van der Waals surface area contributed by atoms with E-state index in [4.69, 9.17) is 4.74 Å². The zero-order valence-electron chi connectivity index (χ0n) is 10.4. The third-order valence-corrected chi connectivity index (χ3v) is 4.14. The fraction of sp³-hybridized carbons (Fsp3) is 0.143. The van der Waals surface area contributed by atoms with Crippen molar-refractivity contribution in [2.24, 2.45) is 0 Å². The Kier molecular flexibility index (Phi) is 5.28. The molecule has 0 heterocycles. The molecular weight excluding hydrogens is 390 g/mol. The van der Waals surface area contributed by atoms with Crippen LogP contribution in [0.15, 0.2) is 51.4 Å². The minimum atomic E-state index is -0.414. The van der Waals surface area contributed by atoms with E-state index in [1.807, 2.05) is 24.3 Å². The first kappa shape index (κ1) is 15.2. The molecule has 104 valence electrons. The van der Waals surface area contributed by atoms with Gasteiger partial charge in [0.15, 0.2) is 0 Å². The molecule has 6 heteroatoms. The van der Waals surface area contributed by atoms with Crippen molar-refractivity contribution >= 4 is 37.5 Å². The van der Waals surface area contributed by atoms with Crippen LogP contribution < -0.4 is 0 Å². The summed E-state index contributed by atoms with van der Waals surface area (Å²) in [5, 5.41) is 10.8. The number of nitro benzene ring substituents is 1. The van der Waals surface area contributed by atoms with E-state index in [1.165, 1.54) is 6.07 Å². The highest BCUT2D eigenvalue weighted by Crippen LogP contribution is 2.28. The Hall–Kier alpha value is -1.24. The van der Waals surface area contributed by atoms with Gasteiger partial charge in [0.2, 0.25) is 0 Å². The van der Waals surface area contributed by atoms with Crippen LogP contribution >= 0.6 is 31.9 Å². The molecule has 0 unspecified atom stereocenters. The third-order valence-electron chi connectivity index (χ3n) is 2.69. The zero-order chi connectivity index (χ0) is 14.5. The van der Waals surface area contributed by atoms with Crippen molar-refractivity contribution in [3.63, 3.8) is 0 Å². The second kappa shape index (κ2) is 6.97. The van der Waals surface area contributed by atoms with Crippen molar-refractivity contribution in [1.29, 1.82) is 0 Å². The quantitative estimate of drug-likeness (QED) is 0.533. The number of hydrogen-bond acceptors (Lipinski definition) is 3. The van der Waals surface area contributed by atoms with E-state index >= 15 is 0 Å². The maximum atomic E-state index is 10.8. The first-order chi connectivity index (χ1) is 9.58. The SMILES string of the molecule is O=[N+]([O-])c1cccc(COCc2ccc(Br)cc2)c1Br. The van der Waals surface area contributed by atoms with E-state index in [9.17, 15) is 10.1 Å². The van der Waals surface area contributed by atoms with Gasteiger partial charge in [-0.2, -0.15) is 0 Å². The van der Waals surface area contributed by atoms with Crippen LogP contribution in [0.25, 0.3) is 0 Å². The van der Waals surface area contributed by atoms with Gasteiger partial charge < -0.3 is 4.74 Å². The Labute approximate surface area is 133 Å². The number of ether oxygens (including phenoxy) is 1. The second-order valence-corrected chi connectivity index (χ2v) is 5.84. The van der Waals surface area contributed by atoms with Gasteiger partial charge in [0.1, 0.15) is 4.47 Å². The van der Waals surface area contributed by atoms with Gasteiger partial charge in [-0.3, -0.25) is 10.1 Å². The van der Waals surface area contributed by atoms with E-state index in [0.29, 0.717) is 17.7 Å². The molecule has 0 saturated heterocycles. The van der Waals surface area contributed by atoms with Gasteiger partial charge in [-0.1, -0.05) is 40.2 Å². The van der Waals surface area contributed by atoms with Gasteiger partial charge in [-0.15, -0.1) is 0 Å². The minimum absolute atomic E-state index is 0.0507. The molecule has 2 aromatic carbocycles. The van der Waals surface area contributed by atoms with E-state index in [2.05, 4.69) is 31.9 Å². The van der Waals surface area contributed by atoms with Gasteiger partial charge in [-0.05, 0) is 39.2 Å². The summed E-state index contributed by atoms with van der Waals surface area (Å²) in [6.07, 6.45) is 0. The standard InChI is InChI=1S/C14H11Br2NO3/c15-12-6-4-10(5-7-12)8-20-9-11-2-1-3-13(14(11)16)17(18)19/h1-7H,8-9H2. The molecule has 0 spiro atoms. The molecular formula is C14H11Br2NO3. The van der Waals surface area contributed by atoms with Crippen LogP contribution in [0.5, 0.6) is 0 Å². The average molecular weight is 401 g/mol. The smallest absolute Gasteiger partial charge is 0.283 e. The van der Waals surface area contributed by atoms with Crippen molar-refractivity contribution in [2.45, 2.75) is 13.2 Å². The fourth-order valence-electron chi connectivity index (χ4n) is 1.68. The summed E-state index contributed by atoms with van der Waals surface area (Å²) >= 11 is 6.62. The summed E-state index contributed by atoms with van der Waals surface area (Å²) in [4.78, 5) is 10.4. The third kappa shape index (κ3) is 3.88. The topological polar surface area (TPSA) is 52.4 Å². The normalized spacial score (nSPS) is 10.5. The molecule has 0 aliphatic heterocycles. The van der Waals surface area contributed by atoms with Crippen molar-refractivity contribution < 1.29 is 9.66 Å². The van der Waals surface area contributed by atoms with E-state index < -0.39 is 4.92 Å². The second-order valence-electron chi connectivity index (χ2n) is 4.13. The molecule has 2 aromatic rings. The summed E-state index contributed by atoms with van der Waals surface area (Å²) in [5.41, 5.74) is 1.86. The first-order valence-corrected chi connectivity index (χ1v) is 7.40. The van der Waals surface area contributed by atoms with Gasteiger partial charge >= 0.3 is 0 Å². The molecule has 0 saturated carbocycles. The summed E-state index contributed by atoms with van der Waals surface area (Å²) < 4.78 is 7.08. The molecule has 0 aliphatic carbocycles. The van der Waals surface area contributed by atoms with E-state index in [0.717, 1.165) is 15.6 Å². The molecule has 4 nitrogen and oxygen atoms in total. The lowest BCUT2D eigenvalue weighted by atomic mass is 10.2. The predicted octanol–water partition coefficient (Wildman–Crippen LogP) is 4.84. The van der Waals surface area contributed by atoms with E-state index in [-0.39, 0.29) is 5.69 Å². The minimum Gasteiger partial charge on any atom is -0.372 e. The lowest BCUT2D eigenvalue weighted by Crippen LogP contribution is -1.97. The van der Waals surface area contributed by atoms with Crippen LogP contribution in [-0.4, -0.2) is 4.92 Å². The van der Waals surface area contributed by atoms with Gasteiger partial charge in [0.05, 0.1) is 18.1 Å². The molecule has 0 aromatic heterocycles. The highest BCUT2D eigenvalue weighted by molar-refractivity contribution is 9.10. The van der Waals surface area contributed by atoms with Crippen LogP contribution in [0.3, 0.4) is 0 Å². The van der Waals surface area contributed by atoms with Crippen LogP contribution in [0.2, 0.25) is 0 Å². The van der Waals surface area contributed by atoms with E-state index in [1.54, 1.807) is 12.1 Å². The highest BCUT2D eigenvalue weighted by Gasteiger charge is 2.14. The molecule has 0 atom stereocenters. The number of rotatable bonds is 5. The van der Waals surface area contributed by atoms with Crippen LogP contribution in [0.4, 0.5) is 5.69 Å². The molecule has 0 N–H and O–H groups in total. The largest absolute Gasteiger partial charge is 0.372 e. The Morgan fingerprint density at radius 2 is 1.75 bits per heavy atom. The van der Waals surface area contributed by atoms with Crippen LogP contribution in [-0.2, 0) is 18.0 Å². The monoisotopic (exact) mass is 399 g/mol. The number of nitro groups is 1.